The van der Waals surface area contributed by atoms with Gasteiger partial charge in [0.2, 0.25) is 15.9 Å². The van der Waals surface area contributed by atoms with E-state index in [4.69, 9.17) is 26.8 Å². The Morgan fingerprint density at radius 1 is 1.32 bits per heavy atom. The van der Waals surface area contributed by atoms with Crippen molar-refractivity contribution in [2.75, 3.05) is 13.2 Å². The number of carbonyl (C=O) groups is 1. The fraction of sp³-hybridized carbons (Fsp3) is 0.462. The number of hydrogen-bond acceptors (Lipinski definition) is 5. The monoisotopic (exact) mass is 348 g/mol. The predicted molar refractivity (Wildman–Crippen MR) is 80.7 cm³/mol. The van der Waals surface area contributed by atoms with Gasteiger partial charge in [-0.3, -0.25) is 4.79 Å². The molecule has 1 heterocycles. The smallest absolute Gasteiger partial charge is 0.242 e. The van der Waals surface area contributed by atoms with E-state index in [1.165, 1.54) is 12.1 Å². The number of rotatable bonds is 5. The molecule has 1 aromatic carbocycles. The second-order valence-electron chi connectivity index (χ2n) is 5.56. The van der Waals surface area contributed by atoms with Crippen molar-refractivity contribution in [1.29, 1.82) is 0 Å². The molecule has 0 aliphatic carbocycles. The van der Waals surface area contributed by atoms with Gasteiger partial charge in [0, 0.05) is 24.1 Å². The fourth-order valence-corrected chi connectivity index (χ4v) is 4.09. The number of benzene rings is 1. The van der Waals surface area contributed by atoms with Crippen molar-refractivity contribution in [2.24, 2.45) is 5.73 Å². The van der Waals surface area contributed by atoms with Crippen LogP contribution in [0.4, 0.5) is 0 Å². The largest absolute Gasteiger partial charge is 0.486 e. The van der Waals surface area contributed by atoms with Crippen LogP contribution in [0, 0.1) is 0 Å². The van der Waals surface area contributed by atoms with Gasteiger partial charge in [0.05, 0.1) is 5.02 Å². The molecule has 0 spiro atoms. The molecule has 0 aromatic heterocycles. The van der Waals surface area contributed by atoms with Crippen LogP contribution in [-0.2, 0) is 14.8 Å². The van der Waals surface area contributed by atoms with E-state index in [-0.39, 0.29) is 16.3 Å². The van der Waals surface area contributed by atoms with Gasteiger partial charge in [-0.1, -0.05) is 11.6 Å². The molecule has 0 saturated heterocycles. The summed E-state index contributed by atoms with van der Waals surface area (Å²) in [4.78, 5) is 10.9. The fourth-order valence-electron chi connectivity index (χ4n) is 2.14. The maximum Gasteiger partial charge on any atom is 0.242 e. The first kappa shape index (κ1) is 16.9. The van der Waals surface area contributed by atoms with E-state index in [1.54, 1.807) is 13.8 Å². The number of fused-ring (bicyclic) bond motifs is 1. The SMILES string of the molecule is CC(C)(CC(N)=O)NS(=O)(=O)c1cc2c(cc1Cl)OCCO2. The number of carbonyl (C=O) groups excluding carboxylic acids is 1. The molecule has 1 aliphatic rings. The first-order valence-electron chi connectivity index (χ1n) is 6.52. The zero-order valence-corrected chi connectivity index (χ0v) is 13.8. The zero-order valence-electron chi connectivity index (χ0n) is 12.2. The van der Waals surface area contributed by atoms with Crippen LogP contribution in [-0.4, -0.2) is 33.1 Å². The highest BCUT2D eigenvalue weighted by molar-refractivity contribution is 7.89. The van der Waals surface area contributed by atoms with Gasteiger partial charge < -0.3 is 15.2 Å². The number of sulfonamides is 1. The Kier molecular flexibility index (Phi) is 4.55. The van der Waals surface area contributed by atoms with Crippen LogP contribution >= 0.6 is 11.6 Å². The summed E-state index contributed by atoms with van der Waals surface area (Å²) in [6.07, 6.45) is -0.144. The highest BCUT2D eigenvalue weighted by atomic mass is 35.5. The summed E-state index contributed by atoms with van der Waals surface area (Å²) >= 11 is 6.03. The Balaban J connectivity index is 2.35. The van der Waals surface area contributed by atoms with E-state index in [0.717, 1.165) is 0 Å². The minimum atomic E-state index is -3.95. The van der Waals surface area contributed by atoms with E-state index >= 15 is 0 Å². The number of ether oxygens (including phenoxy) is 2. The van der Waals surface area contributed by atoms with Crippen molar-refractivity contribution in [2.45, 2.75) is 30.7 Å². The molecule has 0 atom stereocenters. The highest BCUT2D eigenvalue weighted by Gasteiger charge is 2.30. The van der Waals surface area contributed by atoms with Crippen molar-refractivity contribution in [3.8, 4) is 11.5 Å². The van der Waals surface area contributed by atoms with Gasteiger partial charge in [0.1, 0.15) is 18.1 Å². The van der Waals surface area contributed by atoms with Crippen molar-refractivity contribution in [1.82, 2.24) is 4.72 Å². The van der Waals surface area contributed by atoms with Crippen LogP contribution in [0.1, 0.15) is 20.3 Å². The average molecular weight is 349 g/mol. The quantitative estimate of drug-likeness (QED) is 0.826. The van der Waals surface area contributed by atoms with Crippen LogP contribution in [0.5, 0.6) is 11.5 Å². The summed E-state index contributed by atoms with van der Waals surface area (Å²) in [5, 5.41) is 0.00613. The maximum atomic E-state index is 12.5. The Labute approximate surface area is 133 Å². The van der Waals surface area contributed by atoms with Crippen LogP contribution in [0.3, 0.4) is 0 Å². The normalized spacial score (nSPS) is 14.7. The molecule has 1 aromatic rings. The van der Waals surface area contributed by atoms with E-state index in [2.05, 4.69) is 4.72 Å². The third-order valence-corrected chi connectivity index (χ3v) is 5.08. The molecule has 0 radical (unpaired) electrons. The van der Waals surface area contributed by atoms with Gasteiger partial charge in [-0.05, 0) is 13.8 Å². The zero-order chi connectivity index (χ0) is 16.5. The summed E-state index contributed by atoms with van der Waals surface area (Å²) in [7, 11) is -3.95. The van der Waals surface area contributed by atoms with Gasteiger partial charge >= 0.3 is 0 Å². The summed E-state index contributed by atoms with van der Waals surface area (Å²) < 4.78 is 38.1. The highest BCUT2D eigenvalue weighted by Crippen LogP contribution is 2.37. The van der Waals surface area contributed by atoms with Gasteiger partial charge in [0.15, 0.2) is 11.5 Å². The first-order chi connectivity index (χ1) is 10.1. The van der Waals surface area contributed by atoms with E-state index in [0.29, 0.717) is 24.7 Å². The molecular formula is C13H17ClN2O5S. The molecule has 0 saturated carbocycles. The molecule has 0 fully saturated rings. The Bertz CT molecular complexity index is 703. The summed E-state index contributed by atoms with van der Waals surface area (Å²) in [6, 6.07) is 2.70. The minimum absolute atomic E-state index is 0.00613. The van der Waals surface area contributed by atoms with E-state index < -0.39 is 21.5 Å². The molecule has 7 nitrogen and oxygen atoms in total. The van der Waals surface area contributed by atoms with E-state index in [9.17, 15) is 13.2 Å². The molecule has 2 rings (SSSR count). The Morgan fingerprint density at radius 3 is 2.41 bits per heavy atom. The van der Waals surface area contributed by atoms with Crippen molar-refractivity contribution in [3.05, 3.63) is 17.2 Å². The number of halogens is 1. The lowest BCUT2D eigenvalue weighted by molar-refractivity contribution is -0.119. The number of hydrogen-bond donors (Lipinski definition) is 2. The number of nitrogens with one attached hydrogen (secondary N) is 1. The van der Waals surface area contributed by atoms with Gasteiger partial charge in [-0.25, -0.2) is 13.1 Å². The molecule has 1 amide bonds. The lowest BCUT2D eigenvalue weighted by Crippen LogP contribution is -2.45. The second-order valence-corrected chi connectivity index (χ2v) is 7.62. The summed E-state index contributed by atoms with van der Waals surface area (Å²) in [6.45, 7) is 3.82. The number of primary amides is 1. The molecule has 0 bridgehead atoms. The van der Waals surface area contributed by atoms with Gasteiger partial charge in [0.25, 0.3) is 0 Å². The van der Waals surface area contributed by atoms with Crippen LogP contribution in [0.15, 0.2) is 17.0 Å². The van der Waals surface area contributed by atoms with E-state index in [1.807, 2.05) is 0 Å². The van der Waals surface area contributed by atoms with Gasteiger partial charge in [-0.15, -0.1) is 0 Å². The molecular weight excluding hydrogens is 332 g/mol. The van der Waals surface area contributed by atoms with Crippen molar-refractivity contribution in [3.63, 3.8) is 0 Å². The molecule has 22 heavy (non-hydrogen) atoms. The topological polar surface area (TPSA) is 108 Å². The minimum Gasteiger partial charge on any atom is -0.486 e. The van der Waals surface area contributed by atoms with Crippen molar-refractivity contribution < 1.29 is 22.7 Å². The first-order valence-corrected chi connectivity index (χ1v) is 8.38. The lowest BCUT2D eigenvalue weighted by Gasteiger charge is -2.25. The summed E-state index contributed by atoms with van der Waals surface area (Å²) in [5.74, 6) is 0.0938. The number of nitrogens with two attached hydrogens (primary N) is 1. The second kappa shape index (κ2) is 5.94. The third-order valence-electron chi connectivity index (χ3n) is 2.91. The third kappa shape index (κ3) is 3.82. The molecule has 9 heteroatoms. The maximum absolute atomic E-state index is 12.5. The molecule has 122 valence electrons. The van der Waals surface area contributed by atoms with Crippen LogP contribution in [0.25, 0.3) is 0 Å². The van der Waals surface area contributed by atoms with Gasteiger partial charge in [-0.2, -0.15) is 0 Å². The number of amides is 1. The Morgan fingerprint density at radius 2 is 1.86 bits per heavy atom. The Hall–Kier alpha value is -1.51. The van der Waals surface area contributed by atoms with Crippen molar-refractivity contribution >= 4 is 27.5 Å². The lowest BCUT2D eigenvalue weighted by atomic mass is 10.0. The standard InChI is InChI=1S/C13H17ClN2O5S/c1-13(2,7-12(15)17)16-22(18,19)11-6-10-9(5-8(11)14)20-3-4-21-10/h5-6,16H,3-4,7H2,1-2H3,(H2,15,17). The van der Waals surface area contributed by atoms with Crippen LogP contribution in [0.2, 0.25) is 5.02 Å². The molecule has 1 aliphatic heterocycles. The molecule has 3 N–H and O–H groups in total. The average Bonchev–Trinajstić information content (AvgIpc) is 2.34. The van der Waals surface area contributed by atoms with Crippen LogP contribution < -0.4 is 19.9 Å². The molecule has 0 unspecified atom stereocenters. The summed E-state index contributed by atoms with van der Waals surface area (Å²) in [5.41, 5.74) is 4.08. The predicted octanol–water partition coefficient (Wildman–Crippen LogP) is 1.04.